The lowest BCUT2D eigenvalue weighted by atomic mass is 9.93. The Hall–Kier alpha value is -3.19. The summed E-state index contributed by atoms with van der Waals surface area (Å²) in [7, 11) is 1.33. The van der Waals surface area contributed by atoms with Gasteiger partial charge in [0.05, 0.1) is 37.4 Å². The summed E-state index contributed by atoms with van der Waals surface area (Å²) in [6.07, 6.45) is 2.60. The number of ether oxygens (including phenoxy) is 1. The minimum Gasteiger partial charge on any atom is -0.465 e. The van der Waals surface area contributed by atoms with Crippen LogP contribution in [0.2, 0.25) is 0 Å². The molecule has 1 aliphatic rings. The first-order valence-electron chi connectivity index (χ1n) is 12.0. The van der Waals surface area contributed by atoms with Crippen molar-refractivity contribution >= 4 is 23.5 Å². The summed E-state index contributed by atoms with van der Waals surface area (Å²) in [5, 5.41) is 6.00. The maximum Gasteiger partial charge on any atom is 0.339 e. The second-order valence-corrected chi connectivity index (χ2v) is 9.22. The van der Waals surface area contributed by atoms with Crippen LogP contribution < -0.4 is 10.6 Å². The largest absolute Gasteiger partial charge is 0.465 e. The van der Waals surface area contributed by atoms with Crippen LogP contribution in [-0.4, -0.2) is 55.6 Å². The maximum atomic E-state index is 13.4. The molecule has 2 aromatic rings. The van der Waals surface area contributed by atoms with E-state index in [1.165, 1.54) is 7.11 Å². The molecule has 0 aliphatic carbocycles. The van der Waals surface area contributed by atoms with Crippen LogP contribution in [0.15, 0.2) is 48.5 Å². The molecule has 0 bridgehead atoms. The van der Waals surface area contributed by atoms with Crippen molar-refractivity contribution < 1.29 is 23.6 Å². The molecule has 1 aliphatic heterocycles. The fourth-order valence-electron chi connectivity index (χ4n) is 4.84. The predicted molar refractivity (Wildman–Crippen MR) is 132 cm³/mol. The molecule has 2 amide bonds. The van der Waals surface area contributed by atoms with Gasteiger partial charge in [0.25, 0.3) is 5.91 Å². The Balaban J connectivity index is 1.84. The highest BCUT2D eigenvalue weighted by Crippen LogP contribution is 2.28. The third-order valence-electron chi connectivity index (χ3n) is 6.50. The van der Waals surface area contributed by atoms with Gasteiger partial charge in [-0.3, -0.25) is 9.59 Å². The second-order valence-electron chi connectivity index (χ2n) is 9.22. The zero-order valence-corrected chi connectivity index (χ0v) is 20.4. The molecule has 0 aromatic heterocycles. The highest BCUT2D eigenvalue weighted by atomic mass is 16.5. The van der Waals surface area contributed by atoms with Gasteiger partial charge in [-0.15, -0.1) is 0 Å². The van der Waals surface area contributed by atoms with E-state index in [2.05, 4.69) is 22.8 Å². The molecular formula is C27H36N3O4+. The van der Waals surface area contributed by atoms with Crippen molar-refractivity contribution in [3.63, 3.8) is 0 Å². The number of hydrogen-bond donors (Lipinski definition) is 2. The molecule has 2 aromatic carbocycles. The van der Waals surface area contributed by atoms with E-state index in [1.807, 2.05) is 38.1 Å². The van der Waals surface area contributed by atoms with Gasteiger partial charge < -0.3 is 19.9 Å². The summed E-state index contributed by atoms with van der Waals surface area (Å²) in [5.74, 6) is -0.715. The van der Waals surface area contributed by atoms with Crippen LogP contribution in [0.25, 0.3) is 0 Å². The first kappa shape index (κ1) is 25.4. The Kier molecular flexibility index (Phi) is 8.82. The Bertz CT molecular complexity index is 1010. The number of nitrogens with one attached hydrogen (secondary N) is 2. The van der Waals surface area contributed by atoms with E-state index >= 15 is 0 Å². The Morgan fingerprint density at radius 1 is 1.09 bits per heavy atom. The van der Waals surface area contributed by atoms with Gasteiger partial charge in [-0.05, 0) is 37.8 Å². The van der Waals surface area contributed by atoms with E-state index < -0.39 is 5.97 Å². The lowest BCUT2D eigenvalue weighted by molar-refractivity contribution is -0.940. The number of para-hydroxylation sites is 1. The summed E-state index contributed by atoms with van der Waals surface area (Å²) in [5.41, 5.74) is 2.74. The van der Waals surface area contributed by atoms with E-state index in [1.54, 1.807) is 12.1 Å². The van der Waals surface area contributed by atoms with E-state index in [9.17, 15) is 14.4 Å². The predicted octanol–water partition coefficient (Wildman–Crippen LogP) is 3.67. The summed E-state index contributed by atoms with van der Waals surface area (Å²) < 4.78 is 5.40. The van der Waals surface area contributed by atoms with Crippen LogP contribution in [0, 0.1) is 12.8 Å². The highest BCUT2D eigenvalue weighted by molar-refractivity contribution is 6.02. The minimum absolute atomic E-state index is 0.0735. The third kappa shape index (κ3) is 6.44. The van der Waals surface area contributed by atoms with Crippen LogP contribution >= 0.6 is 0 Å². The van der Waals surface area contributed by atoms with E-state index in [4.69, 9.17) is 4.74 Å². The summed E-state index contributed by atoms with van der Waals surface area (Å²) in [6.45, 7) is 6.87. The standard InChI is InChI=1S/C27H35N3O4/c1-4-15-28-26(32)22-13-9-16-30(18-22,17-21-11-6-5-7-12-21)19-24(31)29-25-20(2)10-8-14-23(25)27(33)34-3/h5-8,10-12,14,22H,4,9,13,15-19H2,1-3H3,(H-,28,29,31,32,33)/p+1. The molecule has 182 valence electrons. The third-order valence-corrected chi connectivity index (χ3v) is 6.50. The molecular weight excluding hydrogens is 430 g/mol. The quantitative estimate of drug-likeness (QED) is 0.436. The van der Waals surface area contributed by atoms with Gasteiger partial charge in [0, 0.05) is 12.1 Å². The fourth-order valence-corrected chi connectivity index (χ4v) is 4.84. The number of benzene rings is 2. The second kappa shape index (κ2) is 11.8. The zero-order chi connectivity index (χ0) is 24.6. The number of quaternary nitrogens is 1. The van der Waals surface area contributed by atoms with E-state index in [0.29, 0.717) is 35.4 Å². The molecule has 2 atom stereocenters. The number of hydrogen-bond acceptors (Lipinski definition) is 4. The van der Waals surface area contributed by atoms with E-state index in [-0.39, 0.29) is 24.3 Å². The molecule has 34 heavy (non-hydrogen) atoms. The molecule has 0 saturated carbocycles. The van der Waals surface area contributed by atoms with Gasteiger partial charge in [-0.1, -0.05) is 49.4 Å². The number of esters is 1. The molecule has 1 saturated heterocycles. The molecule has 7 heteroatoms. The molecule has 3 rings (SSSR count). The lowest BCUT2D eigenvalue weighted by Crippen LogP contribution is -2.58. The fraction of sp³-hybridized carbons (Fsp3) is 0.444. The Morgan fingerprint density at radius 3 is 2.56 bits per heavy atom. The molecule has 2 unspecified atom stereocenters. The normalized spacial score (nSPS) is 19.8. The number of likely N-dealkylation sites (tertiary alicyclic amines) is 1. The van der Waals surface area contributed by atoms with Crippen molar-refractivity contribution in [2.45, 2.75) is 39.7 Å². The average molecular weight is 467 g/mol. The molecule has 0 spiro atoms. The minimum atomic E-state index is -0.488. The monoisotopic (exact) mass is 466 g/mol. The number of anilines is 1. The maximum absolute atomic E-state index is 13.4. The number of rotatable bonds is 9. The Labute approximate surface area is 202 Å². The van der Waals surface area contributed by atoms with Crippen molar-refractivity contribution in [2.75, 3.05) is 38.6 Å². The Morgan fingerprint density at radius 2 is 1.85 bits per heavy atom. The molecule has 0 radical (unpaired) electrons. The molecule has 1 fully saturated rings. The number of amides is 2. The first-order chi connectivity index (χ1) is 16.4. The molecule has 2 N–H and O–H groups in total. The number of carbonyl (C=O) groups excluding carboxylic acids is 3. The van der Waals surface area contributed by atoms with Crippen molar-refractivity contribution in [3.8, 4) is 0 Å². The number of carbonyl (C=O) groups is 3. The number of nitrogens with zero attached hydrogens (tertiary/aromatic N) is 1. The summed E-state index contributed by atoms with van der Waals surface area (Å²) in [4.78, 5) is 38.4. The van der Waals surface area contributed by atoms with Gasteiger partial charge in [-0.25, -0.2) is 4.79 Å². The number of piperidine rings is 1. The van der Waals surface area contributed by atoms with Crippen molar-refractivity contribution in [3.05, 3.63) is 65.2 Å². The summed E-state index contributed by atoms with van der Waals surface area (Å²) >= 11 is 0. The number of aryl methyl sites for hydroxylation is 1. The van der Waals surface area contributed by atoms with Crippen molar-refractivity contribution in [1.29, 1.82) is 0 Å². The highest BCUT2D eigenvalue weighted by Gasteiger charge is 2.40. The lowest BCUT2D eigenvalue weighted by Gasteiger charge is -2.43. The van der Waals surface area contributed by atoms with Crippen LogP contribution in [0.3, 0.4) is 0 Å². The van der Waals surface area contributed by atoms with Gasteiger partial charge in [0.15, 0.2) is 6.54 Å². The van der Waals surface area contributed by atoms with Crippen LogP contribution in [0.4, 0.5) is 5.69 Å². The molecule has 7 nitrogen and oxygen atoms in total. The summed E-state index contributed by atoms with van der Waals surface area (Å²) in [6, 6.07) is 15.4. The van der Waals surface area contributed by atoms with Gasteiger partial charge in [-0.2, -0.15) is 0 Å². The smallest absolute Gasteiger partial charge is 0.339 e. The van der Waals surface area contributed by atoms with Crippen molar-refractivity contribution in [1.82, 2.24) is 5.32 Å². The van der Waals surface area contributed by atoms with Crippen molar-refractivity contribution in [2.24, 2.45) is 5.92 Å². The van der Waals surface area contributed by atoms with Crippen LogP contribution in [0.5, 0.6) is 0 Å². The number of methoxy groups -OCH3 is 1. The molecule has 1 heterocycles. The van der Waals surface area contributed by atoms with Gasteiger partial charge in [0.2, 0.25) is 5.91 Å². The van der Waals surface area contributed by atoms with Crippen LogP contribution in [-0.2, 0) is 20.9 Å². The zero-order valence-electron chi connectivity index (χ0n) is 20.4. The first-order valence-corrected chi connectivity index (χ1v) is 12.0. The SMILES string of the molecule is CCCNC(=O)C1CCC[N+](CC(=O)Nc2c(C)cccc2C(=O)OC)(Cc2ccccc2)C1. The topological polar surface area (TPSA) is 84.5 Å². The average Bonchev–Trinajstić information content (AvgIpc) is 2.83. The van der Waals surface area contributed by atoms with Gasteiger partial charge in [0.1, 0.15) is 6.54 Å². The van der Waals surface area contributed by atoms with Gasteiger partial charge >= 0.3 is 5.97 Å². The van der Waals surface area contributed by atoms with Crippen LogP contribution in [0.1, 0.15) is 47.7 Å². The van der Waals surface area contributed by atoms with E-state index in [0.717, 1.165) is 36.9 Å².